The molecule has 6 N–H and O–H groups in total. The fourth-order valence-corrected chi connectivity index (χ4v) is 6.99. The summed E-state index contributed by atoms with van der Waals surface area (Å²) >= 11 is 6.18. The highest BCUT2D eigenvalue weighted by Crippen LogP contribution is 2.50. The van der Waals surface area contributed by atoms with Crippen LogP contribution in [0.1, 0.15) is 73.0 Å². The third-order valence-corrected chi connectivity index (χ3v) is 9.76. The molecule has 6 aromatic carbocycles. The van der Waals surface area contributed by atoms with Crippen molar-refractivity contribution in [1.29, 1.82) is 0 Å². The van der Waals surface area contributed by atoms with Crippen molar-refractivity contribution in [2.45, 2.75) is 38.2 Å². The van der Waals surface area contributed by atoms with E-state index in [-0.39, 0.29) is 76.2 Å². The normalized spacial score (nSPS) is 13.8. The van der Waals surface area contributed by atoms with Gasteiger partial charge >= 0.3 is 0 Å². The topological polar surface area (TPSA) is 148 Å². The minimum atomic E-state index is -0.689. The molecule has 7 rings (SSSR count). The number of fused-ring (bicyclic) bond motifs is 1. The molecule has 6 aromatic rings. The maximum absolute atomic E-state index is 13.9. The van der Waals surface area contributed by atoms with Gasteiger partial charge in [-0.3, -0.25) is 4.79 Å². The summed E-state index contributed by atoms with van der Waals surface area (Å²) in [6.07, 6.45) is -0.315. The van der Waals surface area contributed by atoms with Gasteiger partial charge in [0.25, 0.3) is 0 Å². The number of phenols is 6. The number of hydrogen-bond acceptors (Lipinski definition) is 8. The van der Waals surface area contributed by atoms with Gasteiger partial charge < -0.3 is 35.4 Å². The van der Waals surface area contributed by atoms with Gasteiger partial charge in [0.2, 0.25) is 0 Å². The number of ketones is 1. The number of halogens is 1. The Labute approximate surface area is 305 Å². The first-order valence-electron chi connectivity index (χ1n) is 16.8. The van der Waals surface area contributed by atoms with E-state index in [1.54, 1.807) is 54.6 Å². The maximum atomic E-state index is 13.9. The van der Waals surface area contributed by atoms with Crippen LogP contribution in [0.2, 0.25) is 5.02 Å². The molecule has 0 bridgehead atoms. The molecule has 9 heteroatoms. The van der Waals surface area contributed by atoms with E-state index in [0.29, 0.717) is 40.1 Å². The van der Waals surface area contributed by atoms with Gasteiger partial charge in [-0.2, -0.15) is 0 Å². The van der Waals surface area contributed by atoms with Crippen molar-refractivity contribution in [3.8, 4) is 40.2 Å². The fraction of sp³-hybridized carbons (Fsp3) is 0.140. The first-order valence-corrected chi connectivity index (χ1v) is 17.1. The zero-order valence-corrected chi connectivity index (χ0v) is 28.6. The SMILES string of the molecule is O=C1C[C@@H](c2ccccc2)Oc2c(Cc3cc(Cc4cc(Cl)ccc4O)ccc3O)c(O)c(Cc3cc(Cc4ccccc4O)ccc3O)c(O)c21. The number of benzene rings is 6. The van der Waals surface area contributed by atoms with Crippen LogP contribution >= 0.6 is 11.6 Å². The quantitative estimate of drug-likeness (QED) is 0.0872. The second-order valence-corrected chi connectivity index (χ2v) is 13.5. The zero-order valence-electron chi connectivity index (χ0n) is 27.9. The molecular formula is C43H35ClO8. The second-order valence-electron chi connectivity index (χ2n) is 13.0. The number of para-hydroxylation sites is 1. The number of carbonyl (C=O) groups is 1. The van der Waals surface area contributed by atoms with Gasteiger partial charge in [-0.05, 0) is 75.3 Å². The fourth-order valence-electron chi connectivity index (χ4n) is 6.80. The number of phenolic OH excluding ortho intramolecular Hbond substituents is 6. The Kier molecular flexibility index (Phi) is 9.41. The molecule has 0 saturated heterocycles. The van der Waals surface area contributed by atoms with E-state index >= 15 is 0 Å². The van der Waals surface area contributed by atoms with Gasteiger partial charge in [0.15, 0.2) is 5.78 Å². The van der Waals surface area contributed by atoms with Gasteiger partial charge in [-0.1, -0.05) is 84.4 Å². The Hall–Kier alpha value is -6.12. The van der Waals surface area contributed by atoms with Crippen LogP contribution in [0.4, 0.5) is 0 Å². The molecule has 1 aliphatic heterocycles. The van der Waals surface area contributed by atoms with Gasteiger partial charge in [0.1, 0.15) is 51.9 Å². The van der Waals surface area contributed by atoms with Crippen molar-refractivity contribution < 1.29 is 40.2 Å². The van der Waals surface area contributed by atoms with Crippen LogP contribution in [0, 0.1) is 0 Å². The summed E-state index contributed by atoms with van der Waals surface area (Å²) in [7, 11) is 0. The van der Waals surface area contributed by atoms with Gasteiger partial charge in [-0.15, -0.1) is 0 Å². The molecule has 0 saturated carbocycles. The van der Waals surface area contributed by atoms with E-state index in [9.17, 15) is 35.4 Å². The Morgan fingerprint density at radius 3 is 1.75 bits per heavy atom. The average molecular weight is 715 g/mol. The van der Waals surface area contributed by atoms with E-state index in [4.69, 9.17) is 16.3 Å². The number of carbonyl (C=O) groups excluding carboxylic acids is 1. The van der Waals surface area contributed by atoms with Gasteiger partial charge in [0.05, 0.1) is 6.42 Å². The molecule has 0 unspecified atom stereocenters. The lowest BCUT2D eigenvalue weighted by Crippen LogP contribution is -2.22. The monoisotopic (exact) mass is 714 g/mol. The summed E-state index contributed by atoms with van der Waals surface area (Å²) in [5.41, 5.74) is 4.41. The molecular weight excluding hydrogens is 680 g/mol. The maximum Gasteiger partial charge on any atom is 0.174 e. The first-order chi connectivity index (χ1) is 25.0. The first kappa shape index (κ1) is 34.3. The van der Waals surface area contributed by atoms with Crippen LogP contribution in [0.15, 0.2) is 109 Å². The number of Topliss-reactive ketones (excluding diaryl/α,β-unsaturated/α-hetero) is 1. The Balaban J connectivity index is 1.32. The lowest BCUT2D eigenvalue weighted by atomic mass is 9.87. The minimum Gasteiger partial charge on any atom is -0.508 e. The smallest absolute Gasteiger partial charge is 0.174 e. The molecule has 0 amide bonds. The lowest BCUT2D eigenvalue weighted by Gasteiger charge is -2.30. The number of ether oxygens (including phenoxy) is 1. The van der Waals surface area contributed by atoms with E-state index in [2.05, 4.69) is 0 Å². The van der Waals surface area contributed by atoms with Crippen molar-refractivity contribution in [3.05, 3.63) is 170 Å². The Morgan fingerprint density at radius 2 is 1.10 bits per heavy atom. The molecule has 0 radical (unpaired) electrons. The van der Waals surface area contributed by atoms with E-state index < -0.39 is 11.9 Å². The molecule has 1 aliphatic rings. The van der Waals surface area contributed by atoms with Crippen molar-refractivity contribution in [2.75, 3.05) is 0 Å². The summed E-state index contributed by atoms with van der Waals surface area (Å²) in [5.74, 6) is -1.12. The summed E-state index contributed by atoms with van der Waals surface area (Å²) in [6.45, 7) is 0. The molecule has 1 heterocycles. The zero-order chi connectivity index (χ0) is 36.5. The molecule has 0 aliphatic carbocycles. The number of aromatic hydroxyl groups is 6. The van der Waals surface area contributed by atoms with Crippen LogP contribution in [-0.2, 0) is 25.7 Å². The van der Waals surface area contributed by atoms with Crippen LogP contribution in [0.5, 0.6) is 40.2 Å². The molecule has 0 fully saturated rings. The van der Waals surface area contributed by atoms with Crippen molar-refractivity contribution in [1.82, 2.24) is 0 Å². The van der Waals surface area contributed by atoms with Crippen LogP contribution in [-0.4, -0.2) is 36.4 Å². The largest absolute Gasteiger partial charge is 0.508 e. The molecule has 262 valence electrons. The van der Waals surface area contributed by atoms with Crippen LogP contribution < -0.4 is 4.74 Å². The van der Waals surface area contributed by atoms with Gasteiger partial charge in [0, 0.05) is 41.8 Å². The average Bonchev–Trinajstić information content (AvgIpc) is 3.13. The second kappa shape index (κ2) is 14.2. The third kappa shape index (κ3) is 6.93. The van der Waals surface area contributed by atoms with Crippen molar-refractivity contribution in [2.24, 2.45) is 0 Å². The predicted octanol–water partition coefficient (Wildman–Crippen LogP) is 8.64. The molecule has 1 atom stereocenters. The highest BCUT2D eigenvalue weighted by atomic mass is 35.5. The standard InChI is InChI=1S/C43H35ClO8/c44-31-12-15-37(48)28(20-31)17-25-11-14-36(47)30(19-25)22-33-41(50)32(21-29-18-24(10-13-35(29)46)16-27-8-4-5-9-34(27)45)42(51)40-38(49)23-39(52-43(33)40)26-6-2-1-3-7-26/h1-15,18-20,39,45-48,50-51H,16-17,21-23H2/t39-/m0/s1. The van der Waals surface area contributed by atoms with E-state index in [0.717, 1.165) is 16.7 Å². The third-order valence-electron chi connectivity index (χ3n) is 9.52. The van der Waals surface area contributed by atoms with Gasteiger partial charge in [-0.25, -0.2) is 0 Å². The van der Waals surface area contributed by atoms with Crippen molar-refractivity contribution >= 4 is 17.4 Å². The van der Waals surface area contributed by atoms with Crippen molar-refractivity contribution in [3.63, 3.8) is 0 Å². The van der Waals surface area contributed by atoms with E-state index in [1.165, 1.54) is 18.2 Å². The lowest BCUT2D eigenvalue weighted by molar-refractivity contribution is 0.0842. The minimum absolute atomic E-state index is 0.0124. The summed E-state index contributed by atoms with van der Waals surface area (Å²) in [5, 5.41) is 66.8. The highest BCUT2D eigenvalue weighted by Gasteiger charge is 2.36. The number of hydrogen-bond donors (Lipinski definition) is 6. The Bertz CT molecular complexity index is 2320. The summed E-state index contributed by atoms with van der Waals surface area (Å²) in [4.78, 5) is 13.9. The number of rotatable bonds is 9. The summed E-state index contributed by atoms with van der Waals surface area (Å²) < 4.78 is 6.43. The molecule has 0 aromatic heterocycles. The van der Waals surface area contributed by atoms with Crippen LogP contribution in [0.25, 0.3) is 0 Å². The predicted molar refractivity (Wildman–Crippen MR) is 197 cm³/mol. The molecule has 52 heavy (non-hydrogen) atoms. The van der Waals surface area contributed by atoms with E-state index in [1.807, 2.05) is 36.4 Å². The molecule has 0 spiro atoms. The Morgan fingerprint density at radius 1 is 0.558 bits per heavy atom. The van der Waals surface area contributed by atoms with Crippen LogP contribution in [0.3, 0.4) is 0 Å². The summed E-state index contributed by atoms with van der Waals surface area (Å²) in [6, 6.07) is 30.8. The highest BCUT2D eigenvalue weighted by molar-refractivity contribution is 6.30. The molecule has 8 nitrogen and oxygen atoms in total.